The Morgan fingerprint density at radius 1 is 1.25 bits per heavy atom. The van der Waals surface area contributed by atoms with Crippen molar-refractivity contribution >= 4 is 26.0 Å². The minimum Gasteiger partial charge on any atom is -0.313 e. The Hall–Kier alpha value is -0.590. The number of ketones is 1. The van der Waals surface area contributed by atoms with Crippen molar-refractivity contribution < 1.29 is 30.7 Å². The van der Waals surface area contributed by atoms with Gasteiger partial charge in [-0.25, -0.2) is 0 Å². The van der Waals surface area contributed by atoms with Gasteiger partial charge in [-0.15, -0.1) is 0 Å². The van der Waals surface area contributed by atoms with Crippen LogP contribution in [0.25, 0.3) is 0 Å². The third-order valence-corrected chi connectivity index (χ3v) is 4.64. The summed E-state index contributed by atoms with van der Waals surface area (Å²) in [4.78, 5) is 13.2. The zero-order valence-electron chi connectivity index (χ0n) is 10.9. The van der Waals surface area contributed by atoms with Gasteiger partial charge < -0.3 is 5.32 Å². The average Bonchev–Trinajstić information content (AvgIpc) is 2.27. The molecule has 1 rings (SSSR count). The van der Waals surface area contributed by atoms with Crippen LogP contribution in [0.15, 0.2) is 0 Å². The van der Waals surface area contributed by atoms with Crippen LogP contribution in [0.2, 0.25) is 0 Å². The first-order valence-corrected chi connectivity index (χ1v) is 9.11. The molecule has 3 N–H and O–H groups in total. The first-order chi connectivity index (χ1) is 9.00. The van der Waals surface area contributed by atoms with Gasteiger partial charge in [0.2, 0.25) is 0 Å². The summed E-state index contributed by atoms with van der Waals surface area (Å²) >= 11 is 0. The lowest BCUT2D eigenvalue weighted by Crippen LogP contribution is -2.68. The van der Waals surface area contributed by atoms with E-state index in [0.717, 1.165) is 4.90 Å². The molecule has 1 fully saturated rings. The summed E-state index contributed by atoms with van der Waals surface area (Å²) in [6.45, 7) is 1.78. The Labute approximate surface area is 117 Å². The molecule has 1 unspecified atom stereocenters. The molecule has 0 aromatic heterocycles. The van der Waals surface area contributed by atoms with Crippen molar-refractivity contribution in [2.45, 2.75) is 18.9 Å². The van der Waals surface area contributed by atoms with E-state index in [0.29, 0.717) is 6.54 Å². The molecule has 1 atom stereocenters. The monoisotopic (exact) mass is 330 g/mol. The third-order valence-electron chi connectivity index (χ3n) is 3.16. The molecule has 1 heterocycles. The lowest BCUT2D eigenvalue weighted by molar-refractivity contribution is -0.130. The maximum atomic E-state index is 12.1. The molecule has 1 saturated heterocycles. The molecule has 0 aliphatic carbocycles. The lowest BCUT2D eigenvalue weighted by Gasteiger charge is -2.44. The maximum absolute atomic E-state index is 12.1. The molecule has 20 heavy (non-hydrogen) atoms. The van der Waals surface area contributed by atoms with Gasteiger partial charge in [-0.2, -0.15) is 16.8 Å². The van der Waals surface area contributed by atoms with Gasteiger partial charge in [0.1, 0.15) is 17.2 Å². The van der Waals surface area contributed by atoms with Crippen LogP contribution in [0.5, 0.6) is 0 Å². The van der Waals surface area contributed by atoms with E-state index in [1.807, 2.05) is 0 Å². The van der Waals surface area contributed by atoms with Gasteiger partial charge in [-0.1, -0.05) is 6.92 Å². The van der Waals surface area contributed by atoms with Crippen LogP contribution in [-0.4, -0.2) is 73.4 Å². The van der Waals surface area contributed by atoms with E-state index >= 15 is 0 Å². The SMILES string of the molecule is CCC(=O)C1(CS(=O)(=O)O)CNCCN1CS(=O)(=O)O. The van der Waals surface area contributed by atoms with Crippen molar-refractivity contribution in [2.75, 3.05) is 31.3 Å². The molecule has 0 saturated carbocycles. The minimum absolute atomic E-state index is 0.0286. The summed E-state index contributed by atoms with van der Waals surface area (Å²) in [6.07, 6.45) is -0.0286. The molecule has 0 amide bonds. The molecule has 0 bridgehead atoms. The van der Waals surface area contributed by atoms with Gasteiger partial charge in [-0.3, -0.25) is 18.8 Å². The van der Waals surface area contributed by atoms with Crippen LogP contribution in [-0.2, 0) is 25.0 Å². The number of carbonyl (C=O) groups is 1. The fraction of sp³-hybridized carbons (Fsp3) is 0.889. The number of carbonyl (C=O) groups excluding carboxylic acids is 1. The predicted molar refractivity (Wildman–Crippen MR) is 70.4 cm³/mol. The topological polar surface area (TPSA) is 141 Å². The summed E-state index contributed by atoms with van der Waals surface area (Å²) in [7, 11) is -8.93. The lowest BCUT2D eigenvalue weighted by atomic mass is 9.90. The van der Waals surface area contributed by atoms with Crippen molar-refractivity contribution in [2.24, 2.45) is 0 Å². The van der Waals surface area contributed by atoms with Gasteiger partial charge in [0, 0.05) is 26.1 Å². The van der Waals surface area contributed by atoms with E-state index in [1.165, 1.54) is 6.92 Å². The smallest absolute Gasteiger partial charge is 0.278 e. The van der Waals surface area contributed by atoms with Crippen molar-refractivity contribution in [1.82, 2.24) is 10.2 Å². The Balaban J connectivity index is 3.24. The zero-order valence-corrected chi connectivity index (χ0v) is 12.6. The summed E-state index contributed by atoms with van der Waals surface area (Å²) in [5.41, 5.74) is -1.70. The molecule has 0 spiro atoms. The van der Waals surface area contributed by atoms with Crippen LogP contribution in [0.4, 0.5) is 0 Å². The van der Waals surface area contributed by atoms with Gasteiger partial charge >= 0.3 is 0 Å². The number of rotatable bonds is 6. The van der Waals surface area contributed by atoms with Gasteiger partial charge in [0.15, 0.2) is 5.78 Å². The van der Waals surface area contributed by atoms with Crippen molar-refractivity contribution in [3.63, 3.8) is 0 Å². The molecule has 0 radical (unpaired) electrons. The summed E-state index contributed by atoms with van der Waals surface area (Å²) < 4.78 is 62.4. The number of piperazine rings is 1. The van der Waals surface area contributed by atoms with Crippen LogP contribution < -0.4 is 5.32 Å². The van der Waals surface area contributed by atoms with E-state index in [2.05, 4.69) is 5.32 Å². The molecule has 1 aliphatic heterocycles. The molecule has 1 aliphatic rings. The molecule has 9 nitrogen and oxygen atoms in total. The van der Waals surface area contributed by atoms with Crippen molar-refractivity contribution in [1.29, 1.82) is 0 Å². The fourth-order valence-corrected chi connectivity index (χ4v) is 4.17. The van der Waals surface area contributed by atoms with Crippen LogP contribution in [0.3, 0.4) is 0 Å². The molecular weight excluding hydrogens is 312 g/mol. The molecule has 118 valence electrons. The Morgan fingerprint density at radius 2 is 1.85 bits per heavy atom. The first kappa shape index (κ1) is 17.5. The van der Waals surface area contributed by atoms with Crippen molar-refractivity contribution in [3.05, 3.63) is 0 Å². The standard InChI is InChI=1S/C9H18N2O7S2/c1-2-8(12)9(6-19(13,14)15)5-10-3-4-11(9)7-20(16,17)18/h10H,2-7H2,1H3,(H,13,14,15)(H,16,17,18). The largest absolute Gasteiger partial charge is 0.313 e. The van der Waals surface area contributed by atoms with Crippen LogP contribution in [0, 0.1) is 0 Å². The van der Waals surface area contributed by atoms with E-state index in [4.69, 9.17) is 9.11 Å². The number of hydrogen-bond donors (Lipinski definition) is 3. The van der Waals surface area contributed by atoms with Gasteiger partial charge in [0.25, 0.3) is 20.2 Å². The number of Topliss-reactive ketones (excluding diaryl/α,β-unsaturated/α-hetero) is 1. The minimum atomic E-state index is -4.50. The highest BCUT2D eigenvalue weighted by Gasteiger charge is 2.48. The van der Waals surface area contributed by atoms with Gasteiger partial charge in [0.05, 0.1) is 0 Å². The quantitative estimate of drug-likeness (QED) is 0.488. The second kappa shape index (κ2) is 6.03. The highest BCUT2D eigenvalue weighted by atomic mass is 32.2. The maximum Gasteiger partial charge on any atom is 0.278 e. The predicted octanol–water partition coefficient (Wildman–Crippen LogP) is -1.66. The second-order valence-corrected chi connectivity index (χ2v) is 7.56. The van der Waals surface area contributed by atoms with Crippen LogP contribution >= 0.6 is 0 Å². The second-order valence-electron chi connectivity index (χ2n) is 4.69. The van der Waals surface area contributed by atoms with Crippen LogP contribution in [0.1, 0.15) is 13.3 Å². The Bertz CT molecular complexity index is 571. The van der Waals surface area contributed by atoms with E-state index in [9.17, 15) is 21.6 Å². The number of nitrogens with one attached hydrogen (secondary N) is 1. The van der Waals surface area contributed by atoms with Gasteiger partial charge in [-0.05, 0) is 0 Å². The molecule has 0 aromatic carbocycles. The number of hydrogen-bond acceptors (Lipinski definition) is 7. The fourth-order valence-electron chi connectivity index (χ4n) is 2.35. The molecule has 0 aromatic rings. The normalized spacial score (nSPS) is 25.6. The van der Waals surface area contributed by atoms with E-state index < -0.39 is 43.2 Å². The average molecular weight is 330 g/mol. The number of nitrogens with zero attached hydrogens (tertiary/aromatic N) is 1. The Kier molecular flexibility index (Phi) is 5.27. The molecule has 11 heteroatoms. The molecular formula is C9H18N2O7S2. The first-order valence-electron chi connectivity index (χ1n) is 5.89. The summed E-state index contributed by atoms with van der Waals surface area (Å²) in [5.74, 6) is -2.31. The third kappa shape index (κ3) is 4.46. The highest BCUT2D eigenvalue weighted by molar-refractivity contribution is 7.86. The van der Waals surface area contributed by atoms with Crippen molar-refractivity contribution in [3.8, 4) is 0 Å². The zero-order chi connectivity index (χ0) is 15.6. The van der Waals surface area contributed by atoms with E-state index in [-0.39, 0.29) is 19.5 Å². The van der Waals surface area contributed by atoms with E-state index in [1.54, 1.807) is 0 Å². The highest BCUT2D eigenvalue weighted by Crippen LogP contribution is 2.23. The summed E-state index contributed by atoms with van der Waals surface area (Å²) in [6, 6.07) is 0. The Morgan fingerprint density at radius 3 is 2.30 bits per heavy atom. The summed E-state index contributed by atoms with van der Waals surface area (Å²) in [5, 5.41) is 2.81.